The van der Waals surface area contributed by atoms with Crippen LogP contribution in [0.4, 0.5) is 0 Å². The van der Waals surface area contributed by atoms with Gasteiger partial charge in [0.1, 0.15) is 0 Å². The van der Waals surface area contributed by atoms with Gasteiger partial charge in [0.15, 0.2) is 5.65 Å². The number of rotatable bonds is 6. The second-order valence-corrected chi connectivity index (χ2v) is 7.36. The highest BCUT2D eigenvalue weighted by Gasteiger charge is 2.14. The summed E-state index contributed by atoms with van der Waals surface area (Å²) in [6, 6.07) is 18.5. The molecular formula is C24H20N6O2. The lowest BCUT2D eigenvalue weighted by atomic mass is 10.0. The molecule has 0 aliphatic heterocycles. The molecule has 0 atom stereocenters. The minimum absolute atomic E-state index is 0.184. The Kier molecular flexibility index (Phi) is 5.17. The van der Waals surface area contributed by atoms with E-state index < -0.39 is 0 Å². The van der Waals surface area contributed by atoms with E-state index in [9.17, 15) is 9.59 Å². The quantitative estimate of drug-likeness (QED) is 0.423. The molecular weight excluding hydrogens is 404 g/mol. The van der Waals surface area contributed by atoms with Gasteiger partial charge in [-0.25, -0.2) is 14.5 Å². The Bertz CT molecular complexity index is 1470. The number of nitrogens with one attached hydrogen (secondary N) is 1. The lowest BCUT2D eigenvalue weighted by Gasteiger charge is -2.10. The molecule has 8 heteroatoms. The van der Waals surface area contributed by atoms with Crippen LogP contribution in [0.25, 0.3) is 27.8 Å². The number of aryl methyl sites for hydroxylation is 1. The van der Waals surface area contributed by atoms with Crippen LogP contribution >= 0.6 is 0 Å². The van der Waals surface area contributed by atoms with Crippen molar-refractivity contribution in [3.63, 3.8) is 0 Å². The third-order valence-corrected chi connectivity index (χ3v) is 5.24. The maximum absolute atomic E-state index is 13.0. The zero-order valence-corrected chi connectivity index (χ0v) is 17.2. The molecule has 1 aromatic carbocycles. The Morgan fingerprint density at radius 3 is 2.75 bits per heavy atom. The molecule has 158 valence electrons. The van der Waals surface area contributed by atoms with Crippen molar-refractivity contribution in [3.8, 4) is 11.3 Å². The monoisotopic (exact) mass is 424 g/mol. The van der Waals surface area contributed by atoms with E-state index >= 15 is 0 Å². The summed E-state index contributed by atoms with van der Waals surface area (Å²) in [6.07, 6.45) is 5.70. The highest BCUT2D eigenvalue weighted by molar-refractivity contribution is 6.07. The first-order valence-electron chi connectivity index (χ1n) is 10.3. The Labute approximate surface area is 183 Å². The van der Waals surface area contributed by atoms with Crippen molar-refractivity contribution >= 4 is 22.5 Å². The Balaban J connectivity index is 1.33. The summed E-state index contributed by atoms with van der Waals surface area (Å²) >= 11 is 0. The number of para-hydroxylation sites is 1. The van der Waals surface area contributed by atoms with E-state index in [0.717, 1.165) is 16.5 Å². The first kappa shape index (κ1) is 19.6. The van der Waals surface area contributed by atoms with E-state index in [1.54, 1.807) is 36.8 Å². The van der Waals surface area contributed by atoms with Gasteiger partial charge in [0.2, 0.25) is 0 Å². The predicted octanol–water partition coefficient (Wildman–Crippen LogP) is 2.93. The van der Waals surface area contributed by atoms with Gasteiger partial charge in [-0.05, 0) is 42.8 Å². The van der Waals surface area contributed by atoms with Gasteiger partial charge < -0.3 is 5.32 Å². The lowest BCUT2D eigenvalue weighted by molar-refractivity contribution is 0.0954. The zero-order chi connectivity index (χ0) is 21.9. The van der Waals surface area contributed by atoms with Crippen molar-refractivity contribution in [3.05, 3.63) is 95.3 Å². The van der Waals surface area contributed by atoms with Gasteiger partial charge in [0.05, 0.1) is 16.8 Å². The second kappa shape index (κ2) is 8.43. The molecule has 8 nitrogen and oxygen atoms in total. The average molecular weight is 424 g/mol. The van der Waals surface area contributed by atoms with Crippen LogP contribution in [-0.2, 0) is 6.54 Å². The number of nitrogens with zero attached hydrogens (tertiary/aromatic N) is 5. The van der Waals surface area contributed by atoms with Crippen molar-refractivity contribution in [2.75, 3.05) is 6.54 Å². The molecule has 0 aliphatic rings. The van der Waals surface area contributed by atoms with Gasteiger partial charge in [-0.15, -0.1) is 5.10 Å². The molecule has 0 fully saturated rings. The summed E-state index contributed by atoms with van der Waals surface area (Å²) < 4.78 is 2.92. The molecule has 0 bridgehead atoms. The molecule has 0 aliphatic carbocycles. The van der Waals surface area contributed by atoms with Crippen LogP contribution in [0.3, 0.4) is 0 Å². The molecule has 0 saturated heterocycles. The van der Waals surface area contributed by atoms with Gasteiger partial charge in [-0.1, -0.05) is 24.3 Å². The average Bonchev–Trinajstić information content (AvgIpc) is 3.17. The number of hydrogen-bond donors (Lipinski definition) is 1. The molecule has 0 radical (unpaired) electrons. The van der Waals surface area contributed by atoms with Crippen molar-refractivity contribution in [1.82, 2.24) is 29.5 Å². The predicted molar refractivity (Wildman–Crippen MR) is 121 cm³/mol. The molecule has 5 aromatic rings. The molecule has 4 aromatic heterocycles. The summed E-state index contributed by atoms with van der Waals surface area (Å²) in [6.45, 7) is 0.830. The lowest BCUT2D eigenvalue weighted by Crippen LogP contribution is -2.27. The number of pyridine rings is 3. The molecule has 1 amide bonds. The van der Waals surface area contributed by atoms with Crippen molar-refractivity contribution in [2.24, 2.45) is 0 Å². The van der Waals surface area contributed by atoms with Crippen LogP contribution in [0.5, 0.6) is 0 Å². The molecule has 1 N–H and O–H groups in total. The third kappa shape index (κ3) is 3.74. The number of benzene rings is 1. The van der Waals surface area contributed by atoms with Crippen molar-refractivity contribution in [1.29, 1.82) is 0 Å². The maximum Gasteiger partial charge on any atom is 0.350 e. The summed E-state index contributed by atoms with van der Waals surface area (Å²) in [5, 5.41) is 8.06. The zero-order valence-electron chi connectivity index (χ0n) is 17.2. The fourth-order valence-electron chi connectivity index (χ4n) is 3.67. The molecule has 32 heavy (non-hydrogen) atoms. The third-order valence-electron chi connectivity index (χ3n) is 5.24. The summed E-state index contributed by atoms with van der Waals surface area (Å²) in [5.41, 5.74) is 3.26. The van der Waals surface area contributed by atoms with E-state index in [1.165, 1.54) is 9.08 Å². The van der Waals surface area contributed by atoms with Gasteiger partial charge in [0.25, 0.3) is 5.91 Å². The SMILES string of the molecule is O=C(NCCCn1nc2ccccn2c1=O)c1cc(-c2cccnc2)nc2ccccc12. The Morgan fingerprint density at radius 1 is 1.03 bits per heavy atom. The van der Waals surface area contributed by atoms with Crippen LogP contribution in [0.1, 0.15) is 16.8 Å². The van der Waals surface area contributed by atoms with E-state index in [0.29, 0.717) is 36.4 Å². The van der Waals surface area contributed by atoms with Crippen LogP contribution < -0.4 is 11.0 Å². The van der Waals surface area contributed by atoms with E-state index in [2.05, 4.69) is 20.4 Å². The molecule has 4 heterocycles. The van der Waals surface area contributed by atoms with Crippen molar-refractivity contribution < 1.29 is 4.79 Å². The number of amides is 1. The van der Waals surface area contributed by atoms with E-state index in [1.807, 2.05) is 42.5 Å². The van der Waals surface area contributed by atoms with Crippen LogP contribution in [0.15, 0.2) is 84.0 Å². The molecule has 0 spiro atoms. The minimum atomic E-state index is -0.187. The Morgan fingerprint density at radius 2 is 1.91 bits per heavy atom. The minimum Gasteiger partial charge on any atom is -0.352 e. The highest BCUT2D eigenvalue weighted by atomic mass is 16.2. The smallest absolute Gasteiger partial charge is 0.350 e. The van der Waals surface area contributed by atoms with Gasteiger partial charge in [-0.3, -0.25) is 14.2 Å². The van der Waals surface area contributed by atoms with Crippen LogP contribution in [-0.4, -0.2) is 36.6 Å². The standard InChI is InChI=1S/C24H20N6O2/c31-23(26-12-6-14-30-24(32)29-13-4-3-10-22(29)28-30)19-15-21(17-7-5-11-25-16-17)27-20-9-2-1-8-18(19)20/h1-5,7-11,13,15-16H,6,12,14H2,(H,26,31). The summed E-state index contributed by atoms with van der Waals surface area (Å²) in [7, 11) is 0. The molecule has 0 unspecified atom stereocenters. The second-order valence-electron chi connectivity index (χ2n) is 7.36. The normalized spacial score (nSPS) is 11.1. The van der Waals surface area contributed by atoms with Gasteiger partial charge >= 0.3 is 5.69 Å². The number of carbonyl (C=O) groups excluding carboxylic acids is 1. The highest BCUT2D eigenvalue weighted by Crippen LogP contribution is 2.24. The summed E-state index contributed by atoms with van der Waals surface area (Å²) in [4.78, 5) is 34.2. The number of fused-ring (bicyclic) bond motifs is 2. The van der Waals surface area contributed by atoms with Gasteiger partial charge in [-0.2, -0.15) is 0 Å². The number of hydrogen-bond acceptors (Lipinski definition) is 5. The number of carbonyl (C=O) groups is 1. The largest absolute Gasteiger partial charge is 0.352 e. The van der Waals surface area contributed by atoms with Crippen LogP contribution in [0, 0.1) is 0 Å². The molecule has 5 rings (SSSR count). The first-order chi connectivity index (χ1) is 15.7. The molecule has 0 saturated carbocycles. The fraction of sp³-hybridized carbons (Fsp3) is 0.125. The van der Waals surface area contributed by atoms with E-state index in [-0.39, 0.29) is 11.6 Å². The van der Waals surface area contributed by atoms with E-state index in [4.69, 9.17) is 0 Å². The summed E-state index contributed by atoms with van der Waals surface area (Å²) in [5.74, 6) is -0.184. The topological polar surface area (TPSA) is 94.2 Å². The maximum atomic E-state index is 13.0. The van der Waals surface area contributed by atoms with Gasteiger partial charge in [0, 0.05) is 42.6 Å². The first-order valence-corrected chi connectivity index (χ1v) is 10.3. The number of aromatic nitrogens is 5. The van der Waals surface area contributed by atoms with Crippen LogP contribution in [0.2, 0.25) is 0 Å². The van der Waals surface area contributed by atoms with Crippen molar-refractivity contribution in [2.45, 2.75) is 13.0 Å². The fourth-order valence-corrected chi connectivity index (χ4v) is 3.67. The Hall–Kier alpha value is -4.33.